The first-order valence-corrected chi connectivity index (χ1v) is 9.51. The molecule has 1 unspecified atom stereocenters. The van der Waals surface area contributed by atoms with Crippen molar-refractivity contribution in [3.8, 4) is 5.69 Å². The molecular formula is C21H23N3OS. The fourth-order valence-corrected chi connectivity index (χ4v) is 3.71. The fraction of sp³-hybridized carbons (Fsp3) is 0.238. The lowest BCUT2D eigenvalue weighted by atomic mass is 10.1. The molecule has 1 atom stereocenters. The van der Waals surface area contributed by atoms with Crippen molar-refractivity contribution in [1.29, 1.82) is 0 Å². The maximum absolute atomic E-state index is 12.4. The second-order valence-corrected chi connectivity index (χ2v) is 7.70. The van der Waals surface area contributed by atoms with Crippen LogP contribution in [0.25, 0.3) is 5.69 Å². The highest BCUT2D eigenvalue weighted by Crippen LogP contribution is 2.25. The van der Waals surface area contributed by atoms with E-state index >= 15 is 0 Å². The summed E-state index contributed by atoms with van der Waals surface area (Å²) in [4.78, 5) is 16.9. The van der Waals surface area contributed by atoms with Gasteiger partial charge in [-0.15, -0.1) is 0 Å². The third kappa shape index (κ3) is 4.55. The van der Waals surface area contributed by atoms with E-state index in [-0.39, 0.29) is 11.2 Å². The summed E-state index contributed by atoms with van der Waals surface area (Å²) in [5.74, 6) is 0.00817. The van der Waals surface area contributed by atoms with Crippen LogP contribution in [0.1, 0.15) is 23.6 Å². The highest BCUT2D eigenvalue weighted by molar-refractivity contribution is 8.00. The second kappa shape index (κ2) is 8.23. The molecule has 0 saturated carbocycles. The number of nitrogens with zero attached hydrogens (tertiary/aromatic N) is 2. The molecule has 1 aromatic heterocycles. The molecule has 0 aliphatic rings. The van der Waals surface area contributed by atoms with Gasteiger partial charge in [0.25, 0.3) is 0 Å². The molecule has 2 aromatic carbocycles. The monoisotopic (exact) mass is 365 g/mol. The molecule has 0 spiro atoms. The fourth-order valence-electron chi connectivity index (χ4n) is 2.80. The first-order chi connectivity index (χ1) is 12.5. The SMILES string of the molecule is Cc1cc(C)cc(-n2ccnc2SC(C)C(=O)NCc2ccccc2)c1. The minimum absolute atomic E-state index is 0.00817. The van der Waals surface area contributed by atoms with Gasteiger partial charge in [-0.05, 0) is 49.6 Å². The van der Waals surface area contributed by atoms with Gasteiger partial charge in [0.05, 0.1) is 5.25 Å². The second-order valence-electron chi connectivity index (χ2n) is 6.39. The third-order valence-electron chi connectivity index (χ3n) is 4.05. The molecule has 0 fully saturated rings. The summed E-state index contributed by atoms with van der Waals surface area (Å²) in [5, 5.41) is 3.58. The van der Waals surface area contributed by atoms with Crippen molar-refractivity contribution in [3.05, 3.63) is 77.6 Å². The van der Waals surface area contributed by atoms with Crippen molar-refractivity contribution >= 4 is 17.7 Å². The van der Waals surface area contributed by atoms with Gasteiger partial charge in [-0.25, -0.2) is 4.98 Å². The van der Waals surface area contributed by atoms with Crippen molar-refractivity contribution in [2.45, 2.75) is 37.7 Å². The van der Waals surface area contributed by atoms with Gasteiger partial charge in [-0.1, -0.05) is 48.2 Å². The lowest BCUT2D eigenvalue weighted by Gasteiger charge is -2.14. The number of carbonyl (C=O) groups is 1. The Balaban J connectivity index is 1.67. The molecule has 0 saturated heterocycles. The molecule has 1 heterocycles. The van der Waals surface area contributed by atoms with E-state index in [1.807, 2.05) is 48.0 Å². The number of hydrogen-bond acceptors (Lipinski definition) is 3. The molecule has 0 radical (unpaired) electrons. The highest BCUT2D eigenvalue weighted by Gasteiger charge is 2.17. The lowest BCUT2D eigenvalue weighted by Crippen LogP contribution is -2.30. The Hall–Kier alpha value is -2.53. The Morgan fingerprint density at radius 2 is 1.85 bits per heavy atom. The van der Waals surface area contributed by atoms with Gasteiger partial charge >= 0.3 is 0 Å². The van der Waals surface area contributed by atoms with Crippen molar-refractivity contribution in [2.75, 3.05) is 0 Å². The zero-order valence-corrected chi connectivity index (χ0v) is 16.1. The third-order valence-corrected chi connectivity index (χ3v) is 5.13. The summed E-state index contributed by atoms with van der Waals surface area (Å²) >= 11 is 1.47. The van der Waals surface area contributed by atoms with E-state index in [1.54, 1.807) is 6.20 Å². The summed E-state index contributed by atoms with van der Waals surface area (Å²) < 4.78 is 2.03. The van der Waals surface area contributed by atoms with Crippen LogP contribution in [-0.2, 0) is 11.3 Å². The average Bonchev–Trinajstić information content (AvgIpc) is 3.08. The van der Waals surface area contributed by atoms with E-state index in [2.05, 4.69) is 42.3 Å². The number of rotatable bonds is 6. The Morgan fingerprint density at radius 1 is 1.15 bits per heavy atom. The van der Waals surface area contributed by atoms with Gasteiger partial charge in [0.1, 0.15) is 0 Å². The number of carbonyl (C=O) groups excluding carboxylic acids is 1. The molecule has 1 amide bonds. The number of amides is 1. The number of aromatic nitrogens is 2. The van der Waals surface area contributed by atoms with E-state index in [0.717, 1.165) is 16.4 Å². The van der Waals surface area contributed by atoms with Gasteiger partial charge in [-0.3, -0.25) is 9.36 Å². The van der Waals surface area contributed by atoms with Gasteiger partial charge in [-0.2, -0.15) is 0 Å². The quantitative estimate of drug-likeness (QED) is 0.663. The molecule has 4 nitrogen and oxygen atoms in total. The average molecular weight is 366 g/mol. The number of aryl methyl sites for hydroxylation is 2. The Morgan fingerprint density at radius 3 is 2.54 bits per heavy atom. The zero-order valence-electron chi connectivity index (χ0n) is 15.3. The summed E-state index contributed by atoms with van der Waals surface area (Å²) in [6, 6.07) is 16.3. The Labute approximate surface area is 158 Å². The smallest absolute Gasteiger partial charge is 0.233 e. The number of nitrogens with one attached hydrogen (secondary N) is 1. The molecule has 0 bridgehead atoms. The van der Waals surface area contributed by atoms with Crippen LogP contribution in [0.5, 0.6) is 0 Å². The molecule has 3 aromatic rings. The molecule has 1 N–H and O–H groups in total. The van der Waals surface area contributed by atoms with E-state index < -0.39 is 0 Å². The van der Waals surface area contributed by atoms with Crippen LogP contribution >= 0.6 is 11.8 Å². The minimum Gasteiger partial charge on any atom is -0.351 e. The van der Waals surface area contributed by atoms with Gasteiger partial charge in [0, 0.05) is 24.6 Å². The normalized spacial score (nSPS) is 12.0. The van der Waals surface area contributed by atoms with Crippen molar-refractivity contribution in [3.63, 3.8) is 0 Å². The van der Waals surface area contributed by atoms with Crippen LogP contribution in [0.4, 0.5) is 0 Å². The maximum Gasteiger partial charge on any atom is 0.233 e. The van der Waals surface area contributed by atoms with Crippen LogP contribution in [0.15, 0.2) is 66.1 Å². The summed E-state index contributed by atoms with van der Waals surface area (Å²) in [6.45, 7) is 6.61. The summed E-state index contributed by atoms with van der Waals surface area (Å²) in [7, 11) is 0. The Kier molecular flexibility index (Phi) is 5.78. The van der Waals surface area contributed by atoms with E-state index in [9.17, 15) is 4.79 Å². The first kappa shape index (κ1) is 18.3. The molecule has 5 heteroatoms. The highest BCUT2D eigenvalue weighted by atomic mass is 32.2. The molecule has 0 aliphatic carbocycles. The number of thioether (sulfide) groups is 1. The van der Waals surface area contributed by atoms with Crippen LogP contribution in [0.2, 0.25) is 0 Å². The van der Waals surface area contributed by atoms with Crippen molar-refractivity contribution in [1.82, 2.24) is 14.9 Å². The maximum atomic E-state index is 12.4. The van der Waals surface area contributed by atoms with Crippen LogP contribution in [0, 0.1) is 13.8 Å². The topological polar surface area (TPSA) is 46.9 Å². The van der Waals surface area contributed by atoms with Gasteiger partial charge in [0.2, 0.25) is 5.91 Å². The molecular weight excluding hydrogens is 342 g/mol. The molecule has 134 valence electrons. The van der Waals surface area contributed by atoms with Crippen molar-refractivity contribution < 1.29 is 4.79 Å². The van der Waals surface area contributed by atoms with E-state index in [4.69, 9.17) is 0 Å². The van der Waals surface area contributed by atoms with Crippen LogP contribution in [-0.4, -0.2) is 20.7 Å². The van der Waals surface area contributed by atoms with Crippen LogP contribution in [0.3, 0.4) is 0 Å². The van der Waals surface area contributed by atoms with E-state index in [0.29, 0.717) is 6.54 Å². The molecule has 26 heavy (non-hydrogen) atoms. The largest absolute Gasteiger partial charge is 0.351 e. The molecule has 3 rings (SSSR count). The summed E-state index contributed by atoms with van der Waals surface area (Å²) in [6.07, 6.45) is 3.71. The molecule has 0 aliphatic heterocycles. The van der Waals surface area contributed by atoms with Gasteiger partial charge < -0.3 is 5.32 Å². The lowest BCUT2D eigenvalue weighted by molar-refractivity contribution is -0.120. The number of hydrogen-bond donors (Lipinski definition) is 1. The van der Waals surface area contributed by atoms with Crippen molar-refractivity contribution in [2.24, 2.45) is 0 Å². The number of benzene rings is 2. The predicted molar refractivity (Wildman–Crippen MR) is 107 cm³/mol. The summed E-state index contributed by atoms with van der Waals surface area (Å²) in [5.41, 5.74) is 4.57. The Bertz CT molecular complexity index is 869. The standard InChI is InChI=1S/C21H23N3OS/c1-15-11-16(2)13-19(12-15)24-10-9-22-21(24)26-17(3)20(25)23-14-18-7-5-4-6-8-18/h4-13,17H,14H2,1-3H3,(H,23,25). The van der Waals surface area contributed by atoms with E-state index in [1.165, 1.54) is 22.9 Å². The van der Waals surface area contributed by atoms with Crippen LogP contribution < -0.4 is 5.32 Å². The zero-order chi connectivity index (χ0) is 18.5. The first-order valence-electron chi connectivity index (χ1n) is 8.63. The number of imidazole rings is 1. The minimum atomic E-state index is -0.231. The van der Waals surface area contributed by atoms with Gasteiger partial charge in [0.15, 0.2) is 5.16 Å². The predicted octanol–water partition coefficient (Wildman–Crippen LogP) is 4.29.